The Hall–Kier alpha value is -3.03. The van der Waals surface area contributed by atoms with Crippen LogP contribution in [0.15, 0.2) is 48.5 Å². The number of nitrogens with zero attached hydrogens (tertiary/aromatic N) is 1. The van der Waals surface area contributed by atoms with Crippen molar-refractivity contribution in [2.24, 2.45) is 0 Å². The zero-order valence-corrected chi connectivity index (χ0v) is 15.2. The summed E-state index contributed by atoms with van der Waals surface area (Å²) in [5.74, 6) is -0.507. The molecule has 0 unspecified atom stereocenters. The summed E-state index contributed by atoms with van der Waals surface area (Å²) >= 11 is 0. The average molecular weight is 391 g/mol. The van der Waals surface area contributed by atoms with Crippen LogP contribution in [0.5, 0.6) is 0 Å². The van der Waals surface area contributed by atoms with Crippen molar-refractivity contribution in [2.75, 3.05) is 22.1 Å². The highest BCUT2D eigenvalue weighted by molar-refractivity contribution is 5.97. The molecule has 2 amide bonds. The fraction of sp³-hybridized carbons (Fsp3) is 0.300. The smallest absolute Gasteiger partial charge is 0.374 e. The van der Waals surface area contributed by atoms with Gasteiger partial charge in [-0.2, -0.15) is 13.2 Å². The van der Waals surface area contributed by atoms with E-state index in [1.54, 1.807) is 36.1 Å². The Bertz CT molecular complexity index is 866. The lowest BCUT2D eigenvalue weighted by Crippen LogP contribution is -2.32. The SMILES string of the molecule is C[C@@H](Nc1ccc(N2CCCC2=O)cc1)C(=O)Nc1ccccc1C(F)(F)F. The molecule has 0 spiro atoms. The van der Waals surface area contributed by atoms with E-state index in [1.165, 1.54) is 18.2 Å². The number of carbonyl (C=O) groups is 2. The van der Waals surface area contributed by atoms with E-state index < -0.39 is 23.7 Å². The van der Waals surface area contributed by atoms with Gasteiger partial charge in [0.25, 0.3) is 0 Å². The van der Waals surface area contributed by atoms with Crippen molar-refractivity contribution in [3.63, 3.8) is 0 Å². The molecule has 28 heavy (non-hydrogen) atoms. The third kappa shape index (κ3) is 4.44. The van der Waals surface area contributed by atoms with E-state index in [2.05, 4.69) is 10.6 Å². The minimum Gasteiger partial charge on any atom is -0.374 e. The number of amides is 2. The summed E-state index contributed by atoms with van der Waals surface area (Å²) in [6, 6.07) is 11.1. The van der Waals surface area contributed by atoms with Crippen LogP contribution < -0.4 is 15.5 Å². The molecule has 2 aromatic rings. The normalized spacial score (nSPS) is 15.4. The van der Waals surface area contributed by atoms with E-state index in [1.807, 2.05) is 0 Å². The lowest BCUT2D eigenvalue weighted by molar-refractivity contribution is -0.137. The molecule has 5 nitrogen and oxygen atoms in total. The van der Waals surface area contributed by atoms with Crippen LogP contribution in [0.2, 0.25) is 0 Å². The number of rotatable bonds is 5. The molecule has 1 heterocycles. The Kier molecular flexibility index (Phi) is 5.58. The Balaban J connectivity index is 1.64. The first kappa shape index (κ1) is 19.7. The average Bonchev–Trinajstić information content (AvgIpc) is 3.08. The zero-order valence-electron chi connectivity index (χ0n) is 15.2. The molecule has 1 fully saturated rings. The van der Waals surface area contributed by atoms with Crippen LogP contribution in [-0.2, 0) is 15.8 Å². The van der Waals surface area contributed by atoms with Gasteiger partial charge >= 0.3 is 6.18 Å². The summed E-state index contributed by atoms with van der Waals surface area (Å²) in [5.41, 5.74) is 0.234. The van der Waals surface area contributed by atoms with Crippen molar-refractivity contribution in [3.05, 3.63) is 54.1 Å². The zero-order chi connectivity index (χ0) is 20.3. The molecule has 0 aliphatic carbocycles. The number of hydrogen-bond donors (Lipinski definition) is 2. The van der Waals surface area contributed by atoms with Gasteiger partial charge in [0.2, 0.25) is 11.8 Å². The number of alkyl halides is 3. The van der Waals surface area contributed by atoms with Crippen LogP contribution in [0, 0.1) is 0 Å². The second kappa shape index (κ2) is 7.92. The minimum atomic E-state index is -4.55. The van der Waals surface area contributed by atoms with E-state index in [-0.39, 0.29) is 11.6 Å². The Morgan fingerprint density at radius 2 is 1.79 bits per heavy atom. The van der Waals surface area contributed by atoms with Gasteiger partial charge in [0.1, 0.15) is 6.04 Å². The van der Waals surface area contributed by atoms with Gasteiger partial charge in [0.05, 0.1) is 11.3 Å². The molecule has 2 aromatic carbocycles. The molecule has 1 aliphatic rings. The van der Waals surface area contributed by atoms with Crippen molar-refractivity contribution in [1.82, 2.24) is 0 Å². The quantitative estimate of drug-likeness (QED) is 0.800. The molecule has 8 heteroatoms. The molecule has 0 saturated carbocycles. The number of anilines is 3. The summed E-state index contributed by atoms with van der Waals surface area (Å²) < 4.78 is 39.1. The molecule has 0 radical (unpaired) electrons. The Morgan fingerprint density at radius 1 is 1.11 bits per heavy atom. The highest BCUT2D eigenvalue weighted by atomic mass is 19.4. The van der Waals surface area contributed by atoms with Crippen LogP contribution in [-0.4, -0.2) is 24.4 Å². The van der Waals surface area contributed by atoms with Crippen LogP contribution in [0.4, 0.5) is 30.2 Å². The first-order valence-electron chi connectivity index (χ1n) is 8.90. The van der Waals surface area contributed by atoms with E-state index in [4.69, 9.17) is 0 Å². The molecule has 0 bridgehead atoms. The Labute approximate surface area is 160 Å². The molecule has 3 rings (SSSR count). The predicted octanol–water partition coefficient (Wildman–Crippen LogP) is 4.27. The van der Waals surface area contributed by atoms with Crippen LogP contribution in [0.3, 0.4) is 0 Å². The lowest BCUT2D eigenvalue weighted by Gasteiger charge is -2.19. The van der Waals surface area contributed by atoms with Gasteiger partial charge in [-0.15, -0.1) is 0 Å². The van der Waals surface area contributed by atoms with E-state index in [0.717, 1.165) is 18.2 Å². The van der Waals surface area contributed by atoms with Crippen molar-refractivity contribution >= 4 is 28.9 Å². The van der Waals surface area contributed by atoms with Gasteiger partial charge in [0, 0.05) is 24.3 Å². The number of benzene rings is 2. The van der Waals surface area contributed by atoms with Crippen LogP contribution in [0.25, 0.3) is 0 Å². The van der Waals surface area contributed by atoms with Gasteiger partial charge in [-0.1, -0.05) is 12.1 Å². The van der Waals surface area contributed by atoms with Gasteiger partial charge in [-0.05, 0) is 49.7 Å². The molecule has 0 aromatic heterocycles. The third-order valence-corrected chi connectivity index (χ3v) is 4.52. The number of halogens is 3. The monoisotopic (exact) mass is 391 g/mol. The number of hydrogen-bond acceptors (Lipinski definition) is 3. The summed E-state index contributed by atoms with van der Waals surface area (Å²) in [5, 5.41) is 5.28. The summed E-state index contributed by atoms with van der Waals surface area (Å²) in [6.07, 6.45) is -3.19. The topological polar surface area (TPSA) is 61.4 Å². The van der Waals surface area contributed by atoms with E-state index in [9.17, 15) is 22.8 Å². The lowest BCUT2D eigenvalue weighted by atomic mass is 10.1. The van der Waals surface area contributed by atoms with Gasteiger partial charge in [-0.25, -0.2) is 0 Å². The van der Waals surface area contributed by atoms with E-state index in [0.29, 0.717) is 18.7 Å². The Morgan fingerprint density at radius 3 is 2.39 bits per heavy atom. The standard InChI is InChI=1S/C20H20F3N3O2/c1-13(19(28)25-17-6-3-2-5-16(17)20(21,22)23)24-14-8-10-15(11-9-14)26-12-4-7-18(26)27/h2-3,5-6,8-11,13,24H,4,7,12H2,1H3,(H,25,28)/t13-/m1/s1. The second-order valence-electron chi connectivity index (χ2n) is 6.59. The maximum atomic E-state index is 13.0. The van der Waals surface area contributed by atoms with Crippen LogP contribution >= 0.6 is 0 Å². The first-order valence-corrected chi connectivity index (χ1v) is 8.90. The second-order valence-corrected chi connectivity index (χ2v) is 6.59. The number of carbonyl (C=O) groups excluding carboxylic acids is 2. The minimum absolute atomic E-state index is 0.0804. The maximum Gasteiger partial charge on any atom is 0.418 e. The van der Waals surface area contributed by atoms with Crippen molar-refractivity contribution in [1.29, 1.82) is 0 Å². The predicted molar refractivity (Wildman–Crippen MR) is 101 cm³/mol. The molecule has 2 N–H and O–H groups in total. The fourth-order valence-electron chi connectivity index (χ4n) is 3.05. The van der Waals surface area contributed by atoms with Gasteiger partial charge in [0.15, 0.2) is 0 Å². The van der Waals surface area contributed by atoms with Crippen LogP contribution in [0.1, 0.15) is 25.3 Å². The summed E-state index contributed by atoms with van der Waals surface area (Å²) in [4.78, 5) is 25.8. The molecule has 1 aliphatic heterocycles. The van der Waals surface area contributed by atoms with Crippen molar-refractivity contribution < 1.29 is 22.8 Å². The summed E-state index contributed by atoms with van der Waals surface area (Å²) in [7, 11) is 0. The third-order valence-electron chi connectivity index (χ3n) is 4.52. The highest BCUT2D eigenvalue weighted by Crippen LogP contribution is 2.34. The molecule has 1 atom stereocenters. The molecular formula is C20H20F3N3O2. The molecular weight excluding hydrogens is 371 g/mol. The summed E-state index contributed by atoms with van der Waals surface area (Å²) in [6.45, 7) is 2.24. The first-order chi connectivity index (χ1) is 13.3. The number of nitrogens with one attached hydrogen (secondary N) is 2. The van der Waals surface area contributed by atoms with Crippen molar-refractivity contribution in [2.45, 2.75) is 32.0 Å². The van der Waals surface area contributed by atoms with E-state index >= 15 is 0 Å². The fourth-order valence-corrected chi connectivity index (χ4v) is 3.05. The van der Waals surface area contributed by atoms with Crippen molar-refractivity contribution in [3.8, 4) is 0 Å². The molecule has 1 saturated heterocycles. The maximum absolute atomic E-state index is 13.0. The number of para-hydroxylation sites is 1. The molecule has 148 valence electrons. The largest absolute Gasteiger partial charge is 0.418 e. The van der Waals surface area contributed by atoms with Gasteiger partial charge < -0.3 is 15.5 Å². The highest BCUT2D eigenvalue weighted by Gasteiger charge is 2.33. The van der Waals surface area contributed by atoms with Gasteiger partial charge in [-0.3, -0.25) is 9.59 Å².